The van der Waals surface area contributed by atoms with Crippen LogP contribution in [0.2, 0.25) is 0 Å². The highest BCUT2D eigenvalue weighted by molar-refractivity contribution is 5.76. The Bertz CT molecular complexity index is 368. The molecule has 0 aliphatic carbocycles. The summed E-state index contributed by atoms with van der Waals surface area (Å²) in [6.45, 7) is 2.96. The predicted molar refractivity (Wildman–Crippen MR) is 58.0 cm³/mol. The lowest BCUT2D eigenvalue weighted by atomic mass is 10.2. The number of amides is 1. The maximum atomic E-state index is 12.0. The van der Waals surface area contributed by atoms with E-state index in [4.69, 9.17) is 9.84 Å². The predicted octanol–water partition coefficient (Wildman–Crippen LogP) is -1.11. The largest absolute Gasteiger partial charge is 0.394 e. The molecule has 1 amide bonds. The Kier molecular flexibility index (Phi) is 3.70. The van der Waals surface area contributed by atoms with E-state index in [0.717, 1.165) is 0 Å². The number of morpholine rings is 1. The second-order valence-corrected chi connectivity index (χ2v) is 4.15. The van der Waals surface area contributed by atoms with Crippen LogP contribution in [0, 0.1) is 0 Å². The summed E-state index contributed by atoms with van der Waals surface area (Å²) in [6.07, 6.45) is 2.83. The van der Waals surface area contributed by atoms with Gasteiger partial charge >= 0.3 is 0 Å². The first kappa shape index (κ1) is 12.0. The molecule has 0 aromatic carbocycles. The SMILES string of the molecule is CC1CN(C(=O)Cn2ccnn2)CC(CO)O1. The third-order valence-corrected chi connectivity index (χ3v) is 2.65. The average Bonchev–Trinajstić information content (AvgIpc) is 2.81. The summed E-state index contributed by atoms with van der Waals surface area (Å²) in [5, 5.41) is 16.5. The van der Waals surface area contributed by atoms with Crippen molar-refractivity contribution in [1.29, 1.82) is 0 Å². The van der Waals surface area contributed by atoms with Crippen LogP contribution in [0.25, 0.3) is 0 Å². The van der Waals surface area contributed by atoms with Crippen molar-refractivity contribution in [3.05, 3.63) is 12.4 Å². The van der Waals surface area contributed by atoms with Crippen LogP contribution < -0.4 is 0 Å². The Labute approximate surface area is 99.0 Å². The zero-order valence-corrected chi connectivity index (χ0v) is 9.69. The summed E-state index contributed by atoms with van der Waals surface area (Å²) in [5.41, 5.74) is 0. The molecule has 94 valence electrons. The number of carbonyl (C=O) groups excluding carboxylic acids is 1. The third-order valence-electron chi connectivity index (χ3n) is 2.65. The summed E-state index contributed by atoms with van der Waals surface area (Å²) in [4.78, 5) is 13.7. The van der Waals surface area contributed by atoms with E-state index in [-0.39, 0.29) is 31.3 Å². The molecule has 7 nitrogen and oxygen atoms in total. The minimum atomic E-state index is -0.293. The van der Waals surface area contributed by atoms with Crippen molar-refractivity contribution in [2.45, 2.75) is 25.7 Å². The van der Waals surface area contributed by atoms with Gasteiger partial charge in [-0.25, -0.2) is 4.68 Å². The first-order valence-electron chi connectivity index (χ1n) is 5.57. The Morgan fingerprint density at radius 1 is 1.59 bits per heavy atom. The van der Waals surface area contributed by atoms with Crippen LogP contribution in [0.1, 0.15) is 6.92 Å². The van der Waals surface area contributed by atoms with E-state index in [0.29, 0.717) is 13.1 Å². The quantitative estimate of drug-likeness (QED) is 0.724. The Morgan fingerprint density at radius 3 is 3.06 bits per heavy atom. The number of hydrogen-bond donors (Lipinski definition) is 1. The minimum Gasteiger partial charge on any atom is -0.394 e. The number of aliphatic hydroxyl groups excluding tert-OH is 1. The summed E-state index contributed by atoms with van der Waals surface area (Å²) in [7, 11) is 0. The number of carbonyl (C=O) groups is 1. The van der Waals surface area contributed by atoms with E-state index in [1.54, 1.807) is 11.1 Å². The molecule has 2 unspecified atom stereocenters. The molecule has 1 fully saturated rings. The van der Waals surface area contributed by atoms with Crippen LogP contribution >= 0.6 is 0 Å². The van der Waals surface area contributed by atoms with E-state index < -0.39 is 0 Å². The maximum Gasteiger partial charge on any atom is 0.244 e. The van der Waals surface area contributed by atoms with E-state index in [1.165, 1.54) is 10.9 Å². The van der Waals surface area contributed by atoms with E-state index >= 15 is 0 Å². The van der Waals surface area contributed by atoms with Gasteiger partial charge in [-0.2, -0.15) is 0 Å². The first-order valence-corrected chi connectivity index (χ1v) is 5.57. The van der Waals surface area contributed by atoms with Gasteiger partial charge in [-0.05, 0) is 6.92 Å². The topological polar surface area (TPSA) is 80.5 Å². The van der Waals surface area contributed by atoms with Crippen LogP contribution in [0.3, 0.4) is 0 Å². The maximum absolute atomic E-state index is 12.0. The first-order chi connectivity index (χ1) is 8.19. The molecule has 17 heavy (non-hydrogen) atoms. The number of nitrogens with zero attached hydrogens (tertiary/aromatic N) is 4. The number of ether oxygens (including phenoxy) is 1. The van der Waals surface area contributed by atoms with E-state index in [9.17, 15) is 4.79 Å². The van der Waals surface area contributed by atoms with Crippen molar-refractivity contribution < 1.29 is 14.6 Å². The third kappa shape index (κ3) is 3.01. The van der Waals surface area contributed by atoms with E-state index in [1.807, 2.05) is 6.92 Å². The van der Waals surface area contributed by atoms with Gasteiger partial charge in [0.1, 0.15) is 6.54 Å². The molecule has 2 atom stereocenters. The highest BCUT2D eigenvalue weighted by atomic mass is 16.5. The molecule has 1 aromatic rings. The standard InChI is InChI=1S/C10H16N4O3/c1-8-4-13(5-9(7-15)17-8)10(16)6-14-3-2-11-12-14/h2-3,8-9,15H,4-7H2,1H3. The molecule has 0 radical (unpaired) electrons. The molecule has 1 aliphatic heterocycles. The minimum absolute atomic E-state index is 0.0379. The van der Waals surface area contributed by atoms with Gasteiger partial charge in [-0.15, -0.1) is 5.10 Å². The Morgan fingerprint density at radius 2 is 2.41 bits per heavy atom. The molecule has 7 heteroatoms. The highest BCUT2D eigenvalue weighted by Crippen LogP contribution is 2.11. The van der Waals surface area contributed by atoms with Gasteiger partial charge in [0.2, 0.25) is 5.91 Å². The second-order valence-electron chi connectivity index (χ2n) is 4.15. The van der Waals surface area contributed by atoms with Gasteiger partial charge in [0.25, 0.3) is 0 Å². The zero-order chi connectivity index (χ0) is 12.3. The highest BCUT2D eigenvalue weighted by Gasteiger charge is 2.27. The fourth-order valence-corrected chi connectivity index (χ4v) is 1.91. The van der Waals surface area contributed by atoms with Gasteiger partial charge < -0.3 is 14.7 Å². The number of aromatic nitrogens is 3. The Hall–Kier alpha value is -1.47. The van der Waals surface area contributed by atoms with Crippen LogP contribution in [0.5, 0.6) is 0 Å². The number of hydrogen-bond acceptors (Lipinski definition) is 5. The van der Waals surface area contributed by atoms with Crippen molar-refractivity contribution in [1.82, 2.24) is 19.9 Å². The van der Waals surface area contributed by atoms with Crippen LogP contribution in [0.15, 0.2) is 12.4 Å². The Balaban J connectivity index is 1.94. The van der Waals surface area contributed by atoms with Gasteiger partial charge in [-0.3, -0.25) is 4.79 Å². The fourth-order valence-electron chi connectivity index (χ4n) is 1.91. The number of aliphatic hydroxyl groups is 1. The summed E-state index contributed by atoms with van der Waals surface area (Å²) in [6, 6.07) is 0. The van der Waals surface area contributed by atoms with Gasteiger partial charge in [0.15, 0.2) is 0 Å². The summed E-state index contributed by atoms with van der Waals surface area (Å²) < 4.78 is 6.95. The smallest absolute Gasteiger partial charge is 0.244 e. The van der Waals surface area contributed by atoms with Gasteiger partial charge in [0.05, 0.1) is 25.0 Å². The lowest BCUT2D eigenvalue weighted by Gasteiger charge is -2.36. The molecule has 0 bridgehead atoms. The van der Waals surface area contributed by atoms with Crippen LogP contribution in [-0.2, 0) is 16.1 Å². The van der Waals surface area contributed by atoms with Crippen molar-refractivity contribution in [2.24, 2.45) is 0 Å². The molecule has 0 saturated carbocycles. The van der Waals surface area contributed by atoms with Crippen LogP contribution in [0.4, 0.5) is 0 Å². The van der Waals surface area contributed by atoms with Crippen molar-refractivity contribution >= 4 is 5.91 Å². The lowest BCUT2D eigenvalue weighted by Crippen LogP contribution is -2.51. The average molecular weight is 240 g/mol. The molecule has 1 N–H and O–H groups in total. The molecular weight excluding hydrogens is 224 g/mol. The van der Waals surface area contributed by atoms with Crippen molar-refractivity contribution in [2.75, 3.05) is 19.7 Å². The van der Waals surface area contributed by atoms with Crippen molar-refractivity contribution in [3.8, 4) is 0 Å². The molecular formula is C10H16N4O3. The van der Waals surface area contributed by atoms with Gasteiger partial charge in [-0.1, -0.05) is 5.21 Å². The summed E-state index contributed by atoms with van der Waals surface area (Å²) >= 11 is 0. The molecule has 1 saturated heterocycles. The zero-order valence-electron chi connectivity index (χ0n) is 9.69. The van der Waals surface area contributed by atoms with Crippen molar-refractivity contribution in [3.63, 3.8) is 0 Å². The number of rotatable bonds is 3. The monoisotopic (exact) mass is 240 g/mol. The molecule has 0 spiro atoms. The van der Waals surface area contributed by atoms with E-state index in [2.05, 4.69) is 10.3 Å². The molecule has 2 rings (SSSR count). The molecule has 2 heterocycles. The second kappa shape index (κ2) is 5.24. The van der Waals surface area contributed by atoms with Crippen LogP contribution in [-0.4, -0.2) is 62.8 Å². The molecule has 1 aromatic heterocycles. The summed E-state index contributed by atoms with van der Waals surface area (Å²) in [5.74, 6) is -0.0379. The van der Waals surface area contributed by atoms with Gasteiger partial charge in [0, 0.05) is 19.3 Å². The molecule has 1 aliphatic rings. The lowest BCUT2D eigenvalue weighted by molar-refractivity contribution is -0.147. The normalized spacial score (nSPS) is 24.9. The fraction of sp³-hybridized carbons (Fsp3) is 0.700.